The van der Waals surface area contributed by atoms with Crippen molar-refractivity contribution in [3.05, 3.63) is 34.4 Å². The lowest BCUT2D eigenvalue weighted by molar-refractivity contribution is 0.126. The zero-order chi connectivity index (χ0) is 21.8. The number of aliphatic hydroxyl groups is 1. The molecule has 166 valence electrons. The van der Waals surface area contributed by atoms with E-state index < -0.39 is 0 Å². The summed E-state index contributed by atoms with van der Waals surface area (Å²) in [5, 5.41) is 17.5. The van der Waals surface area contributed by atoms with Crippen molar-refractivity contribution in [2.24, 2.45) is 0 Å². The minimum atomic E-state index is -0.177. The topological polar surface area (TPSA) is 86.2 Å². The van der Waals surface area contributed by atoms with Gasteiger partial charge in [-0.05, 0) is 57.0 Å². The van der Waals surface area contributed by atoms with Crippen LogP contribution in [0, 0.1) is 0 Å². The van der Waals surface area contributed by atoms with Gasteiger partial charge < -0.3 is 15.7 Å². The summed E-state index contributed by atoms with van der Waals surface area (Å²) in [5.41, 5.74) is 1.94. The second-order valence-electron chi connectivity index (χ2n) is 7.94. The van der Waals surface area contributed by atoms with Crippen LogP contribution in [0.4, 0.5) is 16.9 Å². The van der Waals surface area contributed by atoms with Gasteiger partial charge in [0.25, 0.3) is 0 Å². The highest BCUT2D eigenvalue weighted by atomic mass is 79.9. The Bertz CT molecular complexity index is 1020. The van der Waals surface area contributed by atoms with Crippen LogP contribution in [0.15, 0.2) is 28.7 Å². The molecule has 0 radical (unpaired) electrons. The first kappa shape index (κ1) is 22.4. The third-order valence-electron chi connectivity index (χ3n) is 5.67. The number of anilines is 3. The van der Waals surface area contributed by atoms with E-state index in [4.69, 9.17) is 15.0 Å². The van der Waals surface area contributed by atoms with Gasteiger partial charge in [0.2, 0.25) is 5.95 Å². The molecule has 7 nitrogen and oxygen atoms in total. The van der Waals surface area contributed by atoms with E-state index in [0.717, 1.165) is 76.7 Å². The van der Waals surface area contributed by atoms with Crippen molar-refractivity contribution in [3.8, 4) is 0 Å². The number of thiazole rings is 1. The van der Waals surface area contributed by atoms with Gasteiger partial charge in [-0.15, -0.1) is 0 Å². The lowest BCUT2D eigenvalue weighted by Crippen LogP contribution is -2.29. The quantitative estimate of drug-likeness (QED) is 0.390. The fourth-order valence-corrected chi connectivity index (χ4v) is 5.27. The maximum Gasteiger partial charge on any atom is 0.225 e. The molecular weight excluding hydrogens is 476 g/mol. The molecular formula is C22H29BrN6OS. The van der Waals surface area contributed by atoms with Crippen LogP contribution < -0.4 is 10.6 Å². The van der Waals surface area contributed by atoms with Crippen molar-refractivity contribution in [1.82, 2.24) is 19.9 Å². The lowest BCUT2D eigenvalue weighted by atomic mass is 9.93. The molecule has 0 bridgehead atoms. The van der Waals surface area contributed by atoms with Gasteiger partial charge in [0.05, 0.1) is 22.0 Å². The molecule has 1 aliphatic carbocycles. The Kier molecular flexibility index (Phi) is 7.37. The Morgan fingerprint density at radius 1 is 1.10 bits per heavy atom. The smallest absolute Gasteiger partial charge is 0.225 e. The van der Waals surface area contributed by atoms with E-state index in [-0.39, 0.29) is 6.10 Å². The highest BCUT2D eigenvalue weighted by molar-refractivity contribution is 9.10. The predicted octanol–water partition coefficient (Wildman–Crippen LogP) is 5.15. The van der Waals surface area contributed by atoms with Crippen LogP contribution in [-0.4, -0.2) is 50.2 Å². The number of nitrogens with zero attached hydrogens (tertiary/aromatic N) is 4. The van der Waals surface area contributed by atoms with Crippen LogP contribution in [-0.2, 0) is 6.54 Å². The molecule has 3 N–H and O–H groups in total. The number of fused-ring (bicyclic) bond motifs is 1. The Labute approximate surface area is 195 Å². The predicted molar refractivity (Wildman–Crippen MR) is 131 cm³/mol. The number of aliphatic hydroxyl groups excluding tert-OH is 1. The van der Waals surface area contributed by atoms with Crippen molar-refractivity contribution < 1.29 is 5.11 Å². The summed E-state index contributed by atoms with van der Waals surface area (Å²) in [6, 6.07) is 8.39. The molecule has 0 amide bonds. The highest BCUT2D eigenvalue weighted by Gasteiger charge is 2.20. The number of hydrogen-bond donors (Lipinski definition) is 3. The number of benzene rings is 1. The first-order valence-corrected chi connectivity index (χ1v) is 12.5. The Balaban J connectivity index is 1.57. The monoisotopic (exact) mass is 504 g/mol. The molecule has 0 spiro atoms. The van der Waals surface area contributed by atoms with Gasteiger partial charge >= 0.3 is 0 Å². The zero-order valence-corrected chi connectivity index (χ0v) is 20.3. The summed E-state index contributed by atoms with van der Waals surface area (Å²) in [5.74, 6) is 1.38. The summed E-state index contributed by atoms with van der Waals surface area (Å²) in [7, 11) is 0. The number of rotatable bonds is 8. The van der Waals surface area contributed by atoms with Crippen LogP contribution in [0.1, 0.15) is 45.2 Å². The van der Waals surface area contributed by atoms with E-state index >= 15 is 0 Å². The number of aromatic nitrogens is 3. The van der Waals surface area contributed by atoms with Crippen molar-refractivity contribution in [3.63, 3.8) is 0 Å². The van der Waals surface area contributed by atoms with Crippen molar-refractivity contribution >= 4 is 54.4 Å². The molecule has 3 aromatic rings. The van der Waals surface area contributed by atoms with E-state index in [1.807, 2.05) is 18.2 Å². The van der Waals surface area contributed by atoms with Gasteiger partial charge in [-0.25, -0.2) is 9.97 Å². The number of halogens is 1. The Morgan fingerprint density at radius 2 is 1.87 bits per heavy atom. The normalized spacial score (nSPS) is 19.1. The summed E-state index contributed by atoms with van der Waals surface area (Å²) >= 11 is 5.13. The molecule has 1 aromatic carbocycles. The maximum atomic E-state index is 9.79. The molecule has 0 unspecified atom stereocenters. The summed E-state index contributed by atoms with van der Waals surface area (Å²) in [6.07, 6.45) is 3.33. The largest absolute Gasteiger partial charge is 0.393 e. The minimum absolute atomic E-state index is 0.177. The summed E-state index contributed by atoms with van der Waals surface area (Å²) in [6.45, 7) is 7.04. The summed E-state index contributed by atoms with van der Waals surface area (Å²) in [4.78, 5) is 16.5. The maximum absolute atomic E-state index is 9.79. The van der Waals surface area contributed by atoms with Crippen LogP contribution in [0.2, 0.25) is 0 Å². The third kappa shape index (κ3) is 5.91. The van der Waals surface area contributed by atoms with Crippen LogP contribution in [0.25, 0.3) is 10.2 Å². The molecule has 1 aliphatic rings. The number of nitrogens with one attached hydrogen (secondary N) is 2. The van der Waals surface area contributed by atoms with E-state index in [0.29, 0.717) is 12.0 Å². The molecule has 0 saturated heterocycles. The molecule has 9 heteroatoms. The van der Waals surface area contributed by atoms with Gasteiger partial charge in [-0.1, -0.05) is 41.1 Å². The second kappa shape index (κ2) is 10.2. The second-order valence-corrected chi connectivity index (χ2v) is 9.88. The van der Waals surface area contributed by atoms with Crippen molar-refractivity contribution in [2.75, 3.05) is 23.7 Å². The minimum Gasteiger partial charge on any atom is -0.393 e. The fourth-order valence-electron chi connectivity index (χ4n) is 3.85. The van der Waals surface area contributed by atoms with Gasteiger partial charge in [-0.2, -0.15) is 4.98 Å². The zero-order valence-electron chi connectivity index (χ0n) is 17.9. The van der Waals surface area contributed by atoms with E-state index in [1.165, 1.54) is 0 Å². The van der Waals surface area contributed by atoms with Crippen LogP contribution >= 0.6 is 27.3 Å². The Morgan fingerprint density at radius 3 is 2.61 bits per heavy atom. The first-order valence-electron chi connectivity index (χ1n) is 10.9. The van der Waals surface area contributed by atoms with Crippen LogP contribution in [0.3, 0.4) is 0 Å². The molecule has 0 atom stereocenters. The van der Waals surface area contributed by atoms with Gasteiger partial charge in [0.15, 0.2) is 5.13 Å². The van der Waals surface area contributed by atoms with E-state index in [2.05, 4.69) is 51.4 Å². The van der Waals surface area contributed by atoms with Gasteiger partial charge in [0, 0.05) is 23.1 Å². The standard InChI is InChI=1S/C22H29BrN6OS/c1-3-29(4-2)13-16-12-20(27-21(25-16)24-15-6-8-17(30)9-7-15)28-22-26-18-10-5-14(23)11-19(18)31-22/h5,10-12,15,17,30H,3-4,6-9,13H2,1-2H3,(H2,24,25,26,27,28)/t15-,17-. The fraction of sp³-hybridized carbons (Fsp3) is 0.500. The molecule has 31 heavy (non-hydrogen) atoms. The Hall–Kier alpha value is -1.81. The van der Waals surface area contributed by atoms with Crippen molar-refractivity contribution in [2.45, 2.75) is 58.2 Å². The molecule has 1 saturated carbocycles. The van der Waals surface area contributed by atoms with Crippen LogP contribution in [0.5, 0.6) is 0 Å². The first-order chi connectivity index (χ1) is 15.0. The molecule has 2 aromatic heterocycles. The molecule has 1 fully saturated rings. The molecule has 4 rings (SSSR count). The summed E-state index contributed by atoms with van der Waals surface area (Å²) < 4.78 is 2.16. The highest BCUT2D eigenvalue weighted by Crippen LogP contribution is 2.30. The van der Waals surface area contributed by atoms with Gasteiger partial charge in [-0.3, -0.25) is 4.90 Å². The van der Waals surface area contributed by atoms with Gasteiger partial charge in [0.1, 0.15) is 5.82 Å². The van der Waals surface area contributed by atoms with Crippen molar-refractivity contribution in [1.29, 1.82) is 0 Å². The number of hydrogen-bond acceptors (Lipinski definition) is 8. The third-order valence-corrected chi connectivity index (χ3v) is 7.10. The average molecular weight is 505 g/mol. The molecule has 0 aliphatic heterocycles. The average Bonchev–Trinajstić information content (AvgIpc) is 3.14. The SMILES string of the molecule is CCN(CC)Cc1cc(Nc2nc3ccc(Br)cc3s2)nc(N[C@H]2CC[C@H](O)CC2)n1. The molecule has 2 heterocycles. The van der Waals surface area contributed by atoms with E-state index in [1.54, 1.807) is 11.3 Å². The van der Waals surface area contributed by atoms with E-state index in [9.17, 15) is 5.11 Å². The lowest BCUT2D eigenvalue weighted by Gasteiger charge is -2.26.